The van der Waals surface area contributed by atoms with Gasteiger partial charge in [-0.3, -0.25) is 0 Å². The maximum absolute atomic E-state index is 4.44. The summed E-state index contributed by atoms with van der Waals surface area (Å²) in [4.78, 5) is 4.44. The first kappa shape index (κ1) is 15.8. The molecule has 0 fully saturated rings. The van der Waals surface area contributed by atoms with E-state index in [1.807, 2.05) is 12.4 Å². The van der Waals surface area contributed by atoms with Crippen molar-refractivity contribution in [1.82, 2.24) is 14.9 Å². The summed E-state index contributed by atoms with van der Waals surface area (Å²) >= 11 is 0. The highest BCUT2D eigenvalue weighted by Crippen LogP contribution is 2.23. The second-order valence-electron chi connectivity index (χ2n) is 5.86. The monoisotopic (exact) mass is 285 g/mol. The van der Waals surface area contributed by atoms with Crippen molar-refractivity contribution in [2.45, 2.75) is 46.1 Å². The van der Waals surface area contributed by atoms with E-state index in [4.69, 9.17) is 0 Å². The van der Waals surface area contributed by atoms with Crippen molar-refractivity contribution in [3.05, 3.63) is 53.1 Å². The van der Waals surface area contributed by atoms with Crippen LogP contribution in [0.5, 0.6) is 0 Å². The minimum atomic E-state index is 0.404. The SMILES string of the molecule is CCCNC(CCc1nccn1C)c1cc(C)ccc1C. The summed E-state index contributed by atoms with van der Waals surface area (Å²) in [7, 11) is 2.06. The van der Waals surface area contributed by atoms with Crippen molar-refractivity contribution in [3.63, 3.8) is 0 Å². The van der Waals surface area contributed by atoms with Gasteiger partial charge >= 0.3 is 0 Å². The molecule has 1 aromatic heterocycles. The normalized spacial score (nSPS) is 12.6. The molecule has 0 bridgehead atoms. The number of aromatic nitrogens is 2. The molecule has 1 atom stereocenters. The molecule has 21 heavy (non-hydrogen) atoms. The molecule has 1 heterocycles. The van der Waals surface area contributed by atoms with Crippen LogP contribution in [0.2, 0.25) is 0 Å². The summed E-state index contributed by atoms with van der Waals surface area (Å²) in [5.74, 6) is 1.16. The van der Waals surface area contributed by atoms with Crippen molar-refractivity contribution in [2.24, 2.45) is 7.05 Å². The van der Waals surface area contributed by atoms with Gasteiger partial charge in [0.1, 0.15) is 5.82 Å². The van der Waals surface area contributed by atoms with Crippen molar-refractivity contribution in [1.29, 1.82) is 0 Å². The number of hydrogen-bond donors (Lipinski definition) is 1. The molecular formula is C18H27N3. The fourth-order valence-electron chi connectivity index (χ4n) is 2.73. The fraction of sp³-hybridized carbons (Fsp3) is 0.500. The minimum absolute atomic E-state index is 0.404. The molecule has 114 valence electrons. The van der Waals surface area contributed by atoms with Crippen LogP contribution in [0.3, 0.4) is 0 Å². The van der Waals surface area contributed by atoms with Crippen LogP contribution in [0.1, 0.15) is 48.3 Å². The second kappa shape index (κ2) is 7.41. The molecule has 0 spiro atoms. The highest BCUT2D eigenvalue weighted by atomic mass is 15.0. The van der Waals surface area contributed by atoms with Crippen molar-refractivity contribution in [2.75, 3.05) is 6.54 Å². The van der Waals surface area contributed by atoms with Gasteiger partial charge < -0.3 is 9.88 Å². The van der Waals surface area contributed by atoms with E-state index in [1.54, 1.807) is 0 Å². The zero-order valence-electron chi connectivity index (χ0n) is 13.7. The number of benzene rings is 1. The lowest BCUT2D eigenvalue weighted by atomic mass is 9.95. The summed E-state index contributed by atoms with van der Waals surface area (Å²) in [6, 6.07) is 7.14. The van der Waals surface area contributed by atoms with Crippen LogP contribution >= 0.6 is 0 Å². The molecule has 2 aromatic rings. The van der Waals surface area contributed by atoms with Crippen LogP contribution < -0.4 is 5.32 Å². The van der Waals surface area contributed by atoms with E-state index in [2.05, 4.69) is 60.9 Å². The van der Waals surface area contributed by atoms with Crippen LogP contribution in [0.4, 0.5) is 0 Å². The van der Waals surface area contributed by atoms with Gasteiger partial charge in [-0.15, -0.1) is 0 Å². The average molecular weight is 285 g/mol. The Labute approximate surface area is 128 Å². The Kier molecular flexibility index (Phi) is 5.57. The zero-order valence-corrected chi connectivity index (χ0v) is 13.7. The van der Waals surface area contributed by atoms with E-state index < -0.39 is 0 Å². The Morgan fingerprint density at radius 3 is 2.76 bits per heavy atom. The van der Waals surface area contributed by atoms with Crippen molar-refractivity contribution >= 4 is 0 Å². The molecule has 0 aliphatic carbocycles. The summed E-state index contributed by atoms with van der Waals surface area (Å²) in [5.41, 5.74) is 4.13. The number of imidazole rings is 1. The molecule has 1 unspecified atom stereocenters. The Bertz CT molecular complexity index is 572. The summed E-state index contributed by atoms with van der Waals surface area (Å²) in [6.45, 7) is 7.64. The number of nitrogens with one attached hydrogen (secondary N) is 1. The van der Waals surface area contributed by atoms with Crippen LogP contribution in [0.15, 0.2) is 30.6 Å². The van der Waals surface area contributed by atoms with Crippen LogP contribution in [0, 0.1) is 13.8 Å². The molecule has 0 saturated heterocycles. The smallest absolute Gasteiger partial charge is 0.108 e. The third-order valence-electron chi connectivity index (χ3n) is 4.03. The van der Waals surface area contributed by atoms with Crippen LogP contribution in [-0.2, 0) is 13.5 Å². The molecule has 0 radical (unpaired) electrons. The lowest BCUT2D eigenvalue weighted by molar-refractivity contribution is 0.489. The number of rotatable bonds is 7. The van der Waals surface area contributed by atoms with Crippen molar-refractivity contribution in [3.8, 4) is 0 Å². The average Bonchev–Trinajstić information content (AvgIpc) is 2.87. The predicted octanol–water partition coefficient (Wildman–Crippen LogP) is 3.71. The molecule has 3 heteroatoms. The summed E-state index contributed by atoms with van der Waals surface area (Å²) in [6.07, 6.45) is 7.13. The van der Waals surface area contributed by atoms with Gasteiger partial charge in [0.2, 0.25) is 0 Å². The van der Waals surface area contributed by atoms with E-state index in [-0.39, 0.29) is 0 Å². The van der Waals surface area contributed by atoms with Gasteiger partial charge in [-0.2, -0.15) is 0 Å². The maximum atomic E-state index is 4.44. The Morgan fingerprint density at radius 1 is 1.29 bits per heavy atom. The van der Waals surface area contributed by atoms with E-state index in [9.17, 15) is 0 Å². The molecule has 1 N–H and O–H groups in total. The number of hydrogen-bond acceptors (Lipinski definition) is 2. The molecule has 0 aliphatic rings. The van der Waals surface area contributed by atoms with Gasteiger partial charge in [0.15, 0.2) is 0 Å². The first-order valence-electron chi connectivity index (χ1n) is 7.88. The van der Waals surface area contributed by atoms with Gasteiger partial charge in [-0.05, 0) is 44.4 Å². The Morgan fingerprint density at radius 2 is 2.10 bits per heavy atom. The minimum Gasteiger partial charge on any atom is -0.338 e. The molecule has 0 amide bonds. The lowest BCUT2D eigenvalue weighted by Gasteiger charge is -2.21. The molecule has 0 saturated carbocycles. The summed E-state index contributed by atoms with van der Waals surface area (Å²) < 4.78 is 2.11. The number of aryl methyl sites for hydroxylation is 4. The second-order valence-corrected chi connectivity index (χ2v) is 5.86. The standard InChI is InChI=1S/C18H27N3/c1-5-10-19-17(8-9-18-20-11-12-21(18)4)16-13-14(2)6-7-15(16)3/h6-7,11-13,17,19H,5,8-10H2,1-4H3. The Hall–Kier alpha value is -1.61. The zero-order chi connectivity index (χ0) is 15.2. The van der Waals surface area contributed by atoms with Crippen LogP contribution in [0.25, 0.3) is 0 Å². The van der Waals surface area contributed by atoms with E-state index in [1.165, 1.54) is 16.7 Å². The van der Waals surface area contributed by atoms with Gasteiger partial charge in [-0.25, -0.2) is 4.98 Å². The van der Waals surface area contributed by atoms with E-state index in [0.717, 1.165) is 31.6 Å². The topological polar surface area (TPSA) is 29.9 Å². The third-order valence-corrected chi connectivity index (χ3v) is 4.03. The predicted molar refractivity (Wildman–Crippen MR) is 88.5 cm³/mol. The van der Waals surface area contributed by atoms with Gasteiger partial charge in [-0.1, -0.05) is 30.7 Å². The lowest BCUT2D eigenvalue weighted by Crippen LogP contribution is -2.24. The van der Waals surface area contributed by atoms with Crippen molar-refractivity contribution < 1.29 is 0 Å². The quantitative estimate of drug-likeness (QED) is 0.840. The maximum Gasteiger partial charge on any atom is 0.108 e. The third kappa shape index (κ3) is 4.18. The first-order chi connectivity index (χ1) is 10.1. The molecule has 3 nitrogen and oxygen atoms in total. The highest BCUT2D eigenvalue weighted by Gasteiger charge is 2.14. The van der Waals surface area contributed by atoms with E-state index >= 15 is 0 Å². The van der Waals surface area contributed by atoms with Gasteiger partial charge in [0, 0.05) is 31.9 Å². The molecular weight excluding hydrogens is 258 g/mol. The molecule has 2 rings (SSSR count). The summed E-state index contributed by atoms with van der Waals surface area (Å²) in [5, 5.41) is 3.70. The van der Waals surface area contributed by atoms with Crippen LogP contribution in [-0.4, -0.2) is 16.1 Å². The largest absolute Gasteiger partial charge is 0.338 e. The fourth-order valence-corrected chi connectivity index (χ4v) is 2.73. The molecule has 0 aliphatic heterocycles. The number of nitrogens with zero attached hydrogens (tertiary/aromatic N) is 2. The Balaban J connectivity index is 2.13. The van der Waals surface area contributed by atoms with Gasteiger partial charge in [0.25, 0.3) is 0 Å². The van der Waals surface area contributed by atoms with Gasteiger partial charge in [0.05, 0.1) is 0 Å². The highest BCUT2D eigenvalue weighted by molar-refractivity contribution is 5.33. The van der Waals surface area contributed by atoms with E-state index in [0.29, 0.717) is 6.04 Å². The molecule has 1 aromatic carbocycles. The first-order valence-corrected chi connectivity index (χ1v) is 7.88.